The molecule has 0 amide bonds. The second kappa shape index (κ2) is 7.47. The maximum absolute atomic E-state index is 11.4. The molecule has 0 atom stereocenters. The molecule has 1 rings (SSSR count). The van der Waals surface area contributed by atoms with Gasteiger partial charge in [-0.1, -0.05) is 25.1 Å². The van der Waals surface area contributed by atoms with Crippen molar-refractivity contribution in [3.05, 3.63) is 29.8 Å². The lowest BCUT2D eigenvalue weighted by Crippen LogP contribution is -2.32. The fourth-order valence-corrected chi connectivity index (χ4v) is 2.79. The Labute approximate surface area is 115 Å². The van der Waals surface area contributed by atoms with Crippen molar-refractivity contribution in [3.8, 4) is 0 Å². The van der Waals surface area contributed by atoms with E-state index in [9.17, 15) is 8.42 Å². The number of nitrogens with one attached hydrogen (secondary N) is 1. The SMILES string of the molecule is CCN(CCCNCc1ccccc1N)S(C)(=O)=O. The molecular formula is C13H23N3O2S. The fourth-order valence-electron chi connectivity index (χ4n) is 1.86. The summed E-state index contributed by atoms with van der Waals surface area (Å²) in [6.45, 7) is 4.38. The molecule has 0 spiro atoms. The van der Waals surface area contributed by atoms with Gasteiger partial charge in [0.05, 0.1) is 6.26 Å². The van der Waals surface area contributed by atoms with E-state index in [0.717, 1.165) is 24.2 Å². The molecule has 6 heteroatoms. The van der Waals surface area contributed by atoms with Crippen LogP contribution < -0.4 is 11.1 Å². The van der Waals surface area contributed by atoms with Gasteiger partial charge in [0.25, 0.3) is 0 Å². The molecule has 0 heterocycles. The van der Waals surface area contributed by atoms with Crippen molar-refractivity contribution in [1.82, 2.24) is 9.62 Å². The van der Waals surface area contributed by atoms with E-state index >= 15 is 0 Å². The average molecular weight is 285 g/mol. The minimum Gasteiger partial charge on any atom is -0.398 e. The van der Waals surface area contributed by atoms with Gasteiger partial charge in [0.1, 0.15) is 0 Å². The number of sulfonamides is 1. The van der Waals surface area contributed by atoms with E-state index in [-0.39, 0.29) is 0 Å². The first kappa shape index (κ1) is 15.9. The van der Waals surface area contributed by atoms with Crippen LogP contribution in [0.3, 0.4) is 0 Å². The highest BCUT2D eigenvalue weighted by molar-refractivity contribution is 7.88. The monoisotopic (exact) mass is 285 g/mol. The summed E-state index contributed by atoms with van der Waals surface area (Å²) in [7, 11) is -3.08. The lowest BCUT2D eigenvalue weighted by Gasteiger charge is -2.17. The van der Waals surface area contributed by atoms with Crippen molar-refractivity contribution in [2.45, 2.75) is 19.9 Å². The van der Waals surface area contributed by atoms with Crippen molar-refractivity contribution < 1.29 is 8.42 Å². The quantitative estimate of drug-likeness (QED) is 0.552. The summed E-state index contributed by atoms with van der Waals surface area (Å²) in [5.74, 6) is 0. The summed E-state index contributed by atoms with van der Waals surface area (Å²) in [6.07, 6.45) is 2.03. The summed E-state index contributed by atoms with van der Waals surface area (Å²) in [6, 6.07) is 7.72. The van der Waals surface area contributed by atoms with Crippen LogP contribution in [0.2, 0.25) is 0 Å². The van der Waals surface area contributed by atoms with Gasteiger partial charge in [0.15, 0.2) is 0 Å². The Morgan fingerprint density at radius 3 is 2.58 bits per heavy atom. The topological polar surface area (TPSA) is 75.4 Å². The van der Waals surface area contributed by atoms with Gasteiger partial charge < -0.3 is 11.1 Å². The van der Waals surface area contributed by atoms with Crippen LogP contribution in [0.15, 0.2) is 24.3 Å². The molecule has 0 aliphatic carbocycles. The Kier molecular flexibility index (Phi) is 6.27. The molecule has 3 N–H and O–H groups in total. The maximum Gasteiger partial charge on any atom is 0.211 e. The number of nitrogens with two attached hydrogens (primary N) is 1. The molecule has 0 saturated carbocycles. The highest BCUT2D eigenvalue weighted by Gasteiger charge is 2.12. The van der Waals surface area contributed by atoms with E-state index in [1.54, 1.807) is 0 Å². The standard InChI is InChI=1S/C13H23N3O2S/c1-3-16(19(2,17)18)10-6-9-15-11-12-7-4-5-8-13(12)14/h4-5,7-8,15H,3,6,9-11,14H2,1-2H3. The van der Waals surface area contributed by atoms with E-state index in [1.807, 2.05) is 31.2 Å². The largest absolute Gasteiger partial charge is 0.398 e. The van der Waals surface area contributed by atoms with Crippen LogP contribution in [0.4, 0.5) is 5.69 Å². The number of nitrogen functional groups attached to an aromatic ring is 1. The molecule has 1 aromatic rings. The number of rotatable bonds is 8. The van der Waals surface area contributed by atoms with Gasteiger partial charge in [-0.15, -0.1) is 0 Å². The first-order valence-electron chi connectivity index (χ1n) is 6.44. The van der Waals surface area contributed by atoms with E-state index in [0.29, 0.717) is 19.6 Å². The predicted molar refractivity (Wildman–Crippen MR) is 79.3 cm³/mol. The zero-order valence-corrected chi connectivity index (χ0v) is 12.4. The summed E-state index contributed by atoms with van der Waals surface area (Å²) in [5, 5.41) is 3.27. The molecule has 0 aliphatic rings. The molecule has 0 fully saturated rings. The number of hydrogen-bond acceptors (Lipinski definition) is 4. The lowest BCUT2D eigenvalue weighted by atomic mass is 10.2. The van der Waals surface area contributed by atoms with E-state index in [2.05, 4.69) is 5.32 Å². The fraction of sp³-hybridized carbons (Fsp3) is 0.538. The van der Waals surface area contributed by atoms with Crippen LogP contribution in [0, 0.1) is 0 Å². The van der Waals surface area contributed by atoms with Gasteiger partial charge in [0.2, 0.25) is 10.0 Å². The van der Waals surface area contributed by atoms with Gasteiger partial charge in [-0.05, 0) is 24.6 Å². The molecule has 19 heavy (non-hydrogen) atoms. The second-order valence-corrected chi connectivity index (χ2v) is 6.47. The lowest BCUT2D eigenvalue weighted by molar-refractivity contribution is 0.419. The molecule has 0 aromatic heterocycles. The summed E-state index contributed by atoms with van der Waals surface area (Å²) >= 11 is 0. The van der Waals surface area contributed by atoms with Crippen LogP contribution in [0.1, 0.15) is 18.9 Å². The van der Waals surface area contributed by atoms with Crippen molar-refractivity contribution >= 4 is 15.7 Å². The Hall–Kier alpha value is -1.11. The van der Waals surface area contributed by atoms with Gasteiger partial charge in [-0.2, -0.15) is 0 Å². The van der Waals surface area contributed by atoms with E-state index in [4.69, 9.17) is 5.73 Å². The van der Waals surface area contributed by atoms with Crippen LogP contribution in [-0.4, -0.2) is 38.6 Å². The molecule has 1 aromatic carbocycles. The van der Waals surface area contributed by atoms with Gasteiger partial charge in [0, 0.05) is 25.3 Å². The van der Waals surface area contributed by atoms with Crippen LogP contribution in [0.25, 0.3) is 0 Å². The maximum atomic E-state index is 11.4. The van der Waals surface area contributed by atoms with Gasteiger partial charge in [-0.3, -0.25) is 0 Å². The Bertz CT molecular complexity index is 488. The molecular weight excluding hydrogens is 262 g/mol. The first-order valence-corrected chi connectivity index (χ1v) is 8.29. The molecule has 5 nitrogen and oxygen atoms in total. The van der Waals surface area contributed by atoms with Gasteiger partial charge >= 0.3 is 0 Å². The molecule has 108 valence electrons. The Morgan fingerprint density at radius 1 is 1.32 bits per heavy atom. The number of hydrogen-bond donors (Lipinski definition) is 2. The third-order valence-electron chi connectivity index (χ3n) is 2.95. The first-order chi connectivity index (χ1) is 8.95. The zero-order chi connectivity index (χ0) is 14.3. The summed E-state index contributed by atoms with van der Waals surface area (Å²) < 4.78 is 24.2. The molecule has 0 saturated heterocycles. The molecule has 0 radical (unpaired) electrons. The number of anilines is 1. The highest BCUT2D eigenvalue weighted by Crippen LogP contribution is 2.09. The Morgan fingerprint density at radius 2 is 2.00 bits per heavy atom. The molecule has 0 aliphatic heterocycles. The van der Waals surface area contributed by atoms with Crippen LogP contribution in [-0.2, 0) is 16.6 Å². The van der Waals surface area contributed by atoms with Gasteiger partial charge in [-0.25, -0.2) is 12.7 Å². The predicted octanol–water partition coefficient (Wildman–Crippen LogP) is 1.03. The minimum absolute atomic E-state index is 0.518. The minimum atomic E-state index is -3.08. The highest BCUT2D eigenvalue weighted by atomic mass is 32.2. The van der Waals surface area contributed by atoms with Crippen molar-refractivity contribution in [3.63, 3.8) is 0 Å². The number of para-hydroxylation sites is 1. The third kappa shape index (κ3) is 5.59. The van der Waals surface area contributed by atoms with E-state index < -0.39 is 10.0 Å². The van der Waals surface area contributed by atoms with Crippen molar-refractivity contribution in [1.29, 1.82) is 0 Å². The normalized spacial score (nSPS) is 11.9. The summed E-state index contributed by atoms with van der Waals surface area (Å²) in [5.41, 5.74) is 7.68. The Balaban J connectivity index is 2.27. The summed E-state index contributed by atoms with van der Waals surface area (Å²) in [4.78, 5) is 0. The zero-order valence-electron chi connectivity index (χ0n) is 11.6. The van der Waals surface area contributed by atoms with Crippen LogP contribution >= 0.6 is 0 Å². The van der Waals surface area contributed by atoms with Crippen LogP contribution in [0.5, 0.6) is 0 Å². The second-order valence-electron chi connectivity index (χ2n) is 4.48. The number of nitrogens with zero attached hydrogens (tertiary/aromatic N) is 1. The molecule has 0 bridgehead atoms. The van der Waals surface area contributed by atoms with E-state index in [1.165, 1.54) is 10.6 Å². The molecule has 0 unspecified atom stereocenters. The number of benzene rings is 1. The van der Waals surface area contributed by atoms with Crippen molar-refractivity contribution in [2.75, 3.05) is 31.6 Å². The smallest absolute Gasteiger partial charge is 0.211 e. The average Bonchev–Trinajstić information content (AvgIpc) is 2.34. The van der Waals surface area contributed by atoms with Crippen molar-refractivity contribution in [2.24, 2.45) is 0 Å². The third-order valence-corrected chi connectivity index (χ3v) is 4.33.